The third kappa shape index (κ3) is 4.03. The zero-order chi connectivity index (χ0) is 23.1. The number of alkyl halides is 3. The minimum Gasteiger partial charge on any atom is -0.261 e. The van der Waals surface area contributed by atoms with E-state index in [1.165, 1.54) is 30.9 Å². The Bertz CT molecular complexity index is 1280. The third-order valence-electron chi connectivity index (χ3n) is 4.74. The molecule has 0 unspecified atom stereocenters. The first-order valence-electron chi connectivity index (χ1n) is 9.16. The first-order chi connectivity index (χ1) is 15.1. The van der Waals surface area contributed by atoms with Crippen LogP contribution in [0.25, 0.3) is 17.1 Å². The summed E-state index contributed by atoms with van der Waals surface area (Å²) >= 11 is 0. The minimum absolute atomic E-state index is 0.0346. The highest BCUT2D eigenvalue weighted by Crippen LogP contribution is 2.31. The molecular weight excluding hydrogens is 433 g/mol. The highest BCUT2D eigenvalue weighted by molar-refractivity contribution is 5.57. The normalized spacial score (nSPS) is 12.2. The topological polar surface area (TPSA) is 82.3 Å². The van der Waals surface area contributed by atoms with Gasteiger partial charge in [-0.3, -0.25) is 9.97 Å². The van der Waals surface area contributed by atoms with Gasteiger partial charge in [-0.15, -0.1) is 0 Å². The van der Waals surface area contributed by atoms with Gasteiger partial charge in [-0.2, -0.15) is 32.0 Å². The quantitative estimate of drug-likeness (QED) is 0.346. The third-order valence-corrected chi connectivity index (χ3v) is 4.74. The summed E-state index contributed by atoms with van der Waals surface area (Å²) in [5.41, 5.74) is -1.14. The fraction of sp³-hybridized carbons (Fsp3) is 0.200. The fourth-order valence-electron chi connectivity index (χ4n) is 2.90. The van der Waals surface area contributed by atoms with E-state index in [1.54, 1.807) is 13.8 Å². The molecule has 4 rings (SSSR count). The van der Waals surface area contributed by atoms with Gasteiger partial charge >= 0.3 is 6.18 Å². The lowest BCUT2D eigenvalue weighted by molar-refractivity contribution is -0.141. The van der Waals surface area contributed by atoms with Crippen LogP contribution in [0, 0.1) is 11.9 Å². The van der Waals surface area contributed by atoms with Crippen molar-refractivity contribution in [3.8, 4) is 17.1 Å². The summed E-state index contributed by atoms with van der Waals surface area (Å²) in [5.74, 6) is -1.92. The van der Waals surface area contributed by atoms with Gasteiger partial charge in [0.15, 0.2) is 11.5 Å². The lowest BCUT2D eigenvalue weighted by atomic mass is 9.86. The standard InChI is InChI=1S/C20H14F5N7/c1-19(2,14-8-26-7-12(28-14)11-3-4-16(21)30-18(11)22)15-9-27-10-17(29-15)32-6-5-13(31-32)20(23,24)25/h3-10H,1-2H3. The Morgan fingerprint density at radius 2 is 1.47 bits per heavy atom. The molecule has 0 atom stereocenters. The molecule has 4 aromatic rings. The molecule has 0 fully saturated rings. The largest absolute Gasteiger partial charge is 0.435 e. The maximum Gasteiger partial charge on any atom is 0.435 e. The summed E-state index contributed by atoms with van der Waals surface area (Å²) in [6, 6.07) is 3.04. The Labute approximate surface area is 178 Å². The number of rotatable bonds is 4. The van der Waals surface area contributed by atoms with Crippen molar-refractivity contribution in [3.05, 3.63) is 78.2 Å². The molecule has 4 aromatic heterocycles. The van der Waals surface area contributed by atoms with Crippen molar-refractivity contribution in [2.75, 3.05) is 0 Å². The van der Waals surface area contributed by atoms with Gasteiger partial charge in [0, 0.05) is 18.6 Å². The molecule has 0 radical (unpaired) electrons. The van der Waals surface area contributed by atoms with Crippen LogP contribution in [0.4, 0.5) is 22.0 Å². The van der Waals surface area contributed by atoms with E-state index in [4.69, 9.17) is 0 Å². The summed E-state index contributed by atoms with van der Waals surface area (Å²) in [6.07, 6.45) is 2.01. The van der Waals surface area contributed by atoms with Gasteiger partial charge in [0.1, 0.15) is 0 Å². The van der Waals surface area contributed by atoms with E-state index in [2.05, 4.69) is 30.0 Å². The van der Waals surface area contributed by atoms with Crippen molar-refractivity contribution in [1.29, 1.82) is 0 Å². The summed E-state index contributed by atoms with van der Waals surface area (Å²) in [4.78, 5) is 20.1. The first kappa shape index (κ1) is 21.4. The predicted molar refractivity (Wildman–Crippen MR) is 101 cm³/mol. The fourth-order valence-corrected chi connectivity index (χ4v) is 2.90. The van der Waals surface area contributed by atoms with E-state index in [0.29, 0.717) is 11.4 Å². The van der Waals surface area contributed by atoms with Crippen molar-refractivity contribution in [3.63, 3.8) is 0 Å². The summed E-state index contributed by atoms with van der Waals surface area (Å²) in [6.45, 7) is 3.50. The van der Waals surface area contributed by atoms with Gasteiger partial charge in [0.25, 0.3) is 0 Å². The number of nitrogens with zero attached hydrogens (tertiary/aromatic N) is 7. The molecule has 0 aliphatic carbocycles. The van der Waals surface area contributed by atoms with E-state index in [0.717, 1.165) is 23.0 Å². The van der Waals surface area contributed by atoms with Gasteiger partial charge < -0.3 is 0 Å². The molecule has 7 nitrogen and oxygen atoms in total. The van der Waals surface area contributed by atoms with Crippen LogP contribution in [0.5, 0.6) is 0 Å². The molecule has 0 amide bonds. The van der Waals surface area contributed by atoms with E-state index < -0.39 is 29.2 Å². The molecule has 0 aliphatic rings. The first-order valence-corrected chi connectivity index (χ1v) is 9.16. The van der Waals surface area contributed by atoms with Gasteiger partial charge in [0.05, 0.1) is 40.5 Å². The second kappa shape index (κ2) is 7.70. The Hall–Kier alpha value is -3.83. The van der Waals surface area contributed by atoms with Crippen LogP contribution < -0.4 is 0 Å². The minimum atomic E-state index is -4.59. The van der Waals surface area contributed by atoms with E-state index in [9.17, 15) is 22.0 Å². The van der Waals surface area contributed by atoms with Gasteiger partial charge in [-0.25, -0.2) is 14.6 Å². The van der Waals surface area contributed by atoms with Crippen molar-refractivity contribution in [1.82, 2.24) is 34.7 Å². The van der Waals surface area contributed by atoms with Crippen molar-refractivity contribution >= 4 is 0 Å². The van der Waals surface area contributed by atoms with Gasteiger partial charge in [0.2, 0.25) is 11.9 Å². The molecule has 0 saturated carbocycles. The molecule has 12 heteroatoms. The van der Waals surface area contributed by atoms with Crippen LogP contribution in [-0.2, 0) is 11.6 Å². The number of aromatic nitrogens is 7. The van der Waals surface area contributed by atoms with Crippen molar-refractivity contribution in [2.24, 2.45) is 0 Å². The lowest BCUT2D eigenvalue weighted by Gasteiger charge is -2.23. The lowest BCUT2D eigenvalue weighted by Crippen LogP contribution is -2.24. The molecule has 4 heterocycles. The summed E-state index contributed by atoms with van der Waals surface area (Å²) < 4.78 is 66.7. The molecule has 32 heavy (non-hydrogen) atoms. The molecular formula is C20H14F5N7. The van der Waals surface area contributed by atoms with Crippen LogP contribution in [-0.4, -0.2) is 34.7 Å². The van der Waals surface area contributed by atoms with Gasteiger partial charge in [-0.1, -0.05) is 0 Å². The van der Waals surface area contributed by atoms with Crippen LogP contribution in [0.1, 0.15) is 30.9 Å². The smallest absolute Gasteiger partial charge is 0.261 e. The Morgan fingerprint density at radius 1 is 0.781 bits per heavy atom. The molecule has 0 N–H and O–H groups in total. The number of hydrogen-bond donors (Lipinski definition) is 0. The molecule has 0 aromatic carbocycles. The second-order valence-corrected chi connectivity index (χ2v) is 7.29. The zero-order valence-electron chi connectivity index (χ0n) is 16.6. The Balaban J connectivity index is 1.71. The molecule has 0 bridgehead atoms. The maximum atomic E-state index is 14.1. The monoisotopic (exact) mass is 447 g/mol. The van der Waals surface area contributed by atoms with Crippen molar-refractivity contribution in [2.45, 2.75) is 25.4 Å². The predicted octanol–water partition coefficient (Wildman–Crippen LogP) is 4.14. The highest BCUT2D eigenvalue weighted by Gasteiger charge is 2.34. The number of hydrogen-bond acceptors (Lipinski definition) is 6. The van der Waals surface area contributed by atoms with Crippen molar-refractivity contribution < 1.29 is 22.0 Å². The maximum absolute atomic E-state index is 14.1. The van der Waals surface area contributed by atoms with Gasteiger partial charge in [-0.05, 0) is 32.0 Å². The summed E-state index contributed by atoms with van der Waals surface area (Å²) in [7, 11) is 0. The average molecular weight is 447 g/mol. The molecule has 0 saturated heterocycles. The van der Waals surface area contributed by atoms with E-state index in [1.807, 2.05) is 0 Å². The van der Waals surface area contributed by atoms with Crippen LogP contribution in [0.2, 0.25) is 0 Å². The Morgan fingerprint density at radius 3 is 2.12 bits per heavy atom. The van der Waals surface area contributed by atoms with Crippen LogP contribution >= 0.6 is 0 Å². The summed E-state index contributed by atoms with van der Waals surface area (Å²) in [5, 5.41) is 3.50. The molecule has 0 aliphatic heterocycles. The average Bonchev–Trinajstić information content (AvgIpc) is 3.25. The zero-order valence-corrected chi connectivity index (χ0v) is 16.6. The molecule has 0 spiro atoms. The number of halogens is 5. The van der Waals surface area contributed by atoms with Crippen LogP contribution in [0.3, 0.4) is 0 Å². The highest BCUT2D eigenvalue weighted by atomic mass is 19.4. The number of pyridine rings is 1. The molecule has 164 valence electrons. The van der Waals surface area contributed by atoms with E-state index in [-0.39, 0.29) is 17.1 Å². The Kier molecular flexibility index (Phi) is 5.15. The van der Waals surface area contributed by atoms with E-state index >= 15 is 0 Å². The van der Waals surface area contributed by atoms with Crippen LogP contribution in [0.15, 0.2) is 49.2 Å². The second-order valence-electron chi connectivity index (χ2n) is 7.29. The SMILES string of the molecule is CC(C)(c1cncc(-c2ccc(F)nc2F)n1)c1cncc(-n2ccc(C(F)(F)F)n2)n1.